The van der Waals surface area contributed by atoms with Crippen LogP contribution in [0, 0.1) is 0 Å². The lowest BCUT2D eigenvalue weighted by Crippen LogP contribution is -2.30. The fraction of sp³-hybridized carbons (Fsp3) is 0.562. The third-order valence-corrected chi connectivity index (χ3v) is 4.61. The Balaban J connectivity index is 1.87. The summed E-state index contributed by atoms with van der Waals surface area (Å²) < 4.78 is 1.97. The van der Waals surface area contributed by atoms with Crippen LogP contribution in [0.2, 0.25) is 0 Å². The Labute approximate surface area is 130 Å². The van der Waals surface area contributed by atoms with Crippen molar-refractivity contribution >= 4 is 11.3 Å². The first kappa shape index (κ1) is 16.2. The minimum atomic E-state index is -0.391. The van der Waals surface area contributed by atoms with E-state index in [4.69, 9.17) is 0 Å². The Morgan fingerprint density at radius 3 is 2.67 bits per heavy atom. The zero-order valence-corrected chi connectivity index (χ0v) is 14.0. The van der Waals surface area contributed by atoms with Crippen molar-refractivity contribution in [1.82, 2.24) is 15.1 Å². The Morgan fingerprint density at radius 2 is 2.10 bits per heavy atom. The van der Waals surface area contributed by atoms with E-state index in [-0.39, 0.29) is 12.1 Å². The molecule has 0 radical (unpaired) electrons. The molecule has 0 amide bonds. The van der Waals surface area contributed by atoms with Gasteiger partial charge in [0.05, 0.1) is 12.3 Å². The molecule has 5 heteroatoms. The third kappa shape index (κ3) is 4.40. The highest BCUT2D eigenvalue weighted by molar-refractivity contribution is 7.10. The molecule has 2 rings (SSSR count). The van der Waals surface area contributed by atoms with Gasteiger partial charge in [0.2, 0.25) is 0 Å². The van der Waals surface area contributed by atoms with Gasteiger partial charge >= 0.3 is 0 Å². The first-order valence-corrected chi connectivity index (χ1v) is 8.37. The minimum Gasteiger partial charge on any atom is -0.388 e. The van der Waals surface area contributed by atoms with Crippen LogP contribution in [0.15, 0.2) is 29.9 Å². The van der Waals surface area contributed by atoms with Crippen molar-refractivity contribution in [2.75, 3.05) is 0 Å². The molecule has 0 aliphatic rings. The van der Waals surface area contributed by atoms with E-state index >= 15 is 0 Å². The van der Waals surface area contributed by atoms with Gasteiger partial charge in [-0.25, -0.2) is 0 Å². The van der Waals surface area contributed by atoms with Crippen LogP contribution < -0.4 is 5.32 Å². The molecule has 3 unspecified atom stereocenters. The molecule has 116 valence electrons. The van der Waals surface area contributed by atoms with E-state index in [0.717, 1.165) is 4.88 Å². The fourth-order valence-electron chi connectivity index (χ4n) is 2.38. The lowest BCUT2D eigenvalue weighted by Gasteiger charge is -2.21. The van der Waals surface area contributed by atoms with Crippen molar-refractivity contribution in [3.8, 4) is 0 Å². The average molecular weight is 307 g/mol. The van der Waals surface area contributed by atoms with Crippen LogP contribution in [-0.4, -0.2) is 20.9 Å². The normalized spacial score (nSPS) is 16.1. The summed E-state index contributed by atoms with van der Waals surface area (Å²) in [5.41, 5.74) is 1.18. The molecule has 0 fully saturated rings. The van der Waals surface area contributed by atoms with Gasteiger partial charge in [-0.05, 0) is 45.6 Å². The number of aromatic nitrogens is 2. The number of aliphatic hydroxyl groups is 1. The number of hydrogen-bond donors (Lipinski definition) is 2. The summed E-state index contributed by atoms with van der Waals surface area (Å²) in [5.74, 6) is 0. The molecule has 0 aliphatic heterocycles. The third-order valence-electron chi connectivity index (χ3n) is 3.63. The topological polar surface area (TPSA) is 50.1 Å². The van der Waals surface area contributed by atoms with Gasteiger partial charge in [-0.1, -0.05) is 6.07 Å². The van der Waals surface area contributed by atoms with Crippen molar-refractivity contribution in [1.29, 1.82) is 0 Å². The van der Waals surface area contributed by atoms with Gasteiger partial charge in [0, 0.05) is 34.8 Å². The van der Waals surface area contributed by atoms with E-state index in [1.807, 2.05) is 28.4 Å². The van der Waals surface area contributed by atoms with Crippen LogP contribution in [0.3, 0.4) is 0 Å². The molecular formula is C16H25N3OS. The number of thiophene rings is 1. The number of nitrogens with one attached hydrogen (secondary N) is 1. The van der Waals surface area contributed by atoms with Crippen molar-refractivity contribution in [2.24, 2.45) is 0 Å². The van der Waals surface area contributed by atoms with Crippen molar-refractivity contribution in [3.63, 3.8) is 0 Å². The lowest BCUT2D eigenvalue weighted by molar-refractivity contribution is 0.155. The minimum absolute atomic E-state index is 0.225. The highest BCUT2D eigenvalue weighted by atomic mass is 32.1. The standard InChI is InChI=1S/C16H25N3OS/c1-11(2)19-10-14(9-17-19)13(4)18-12(3)8-15(20)16-6-5-7-21-16/h5-7,9-13,15,18,20H,8H2,1-4H3. The molecule has 2 aromatic rings. The Hall–Kier alpha value is -1.17. The summed E-state index contributed by atoms with van der Waals surface area (Å²) >= 11 is 1.60. The molecule has 0 aromatic carbocycles. The van der Waals surface area contributed by atoms with Crippen LogP contribution in [-0.2, 0) is 0 Å². The summed E-state index contributed by atoms with van der Waals surface area (Å²) in [6.45, 7) is 8.49. The molecule has 0 saturated carbocycles. The van der Waals surface area contributed by atoms with Gasteiger partial charge in [0.25, 0.3) is 0 Å². The van der Waals surface area contributed by atoms with E-state index < -0.39 is 6.10 Å². The molecule has 0 bridgehead atoms. The maximum atomic E-state index is 10.2. The Morgan fingerprint density at radius 1 is 1.33 bits per heavy atom. The quantitative estimate of drug-likeness (QED) is 0.820. The molecule has 2 N–H and O–H groups in total. The molecular weight excluding hydrogens is 282 g/mol. The Bertz CT molecular complexity index is 535. The lowest BCUT2D eigenvalue weighted by atomic mass is 10.1. The van der Waals surface area contributed by atoms with Crippen molar-refractivity contribution in [2.45, 2.75) is 58.3 Å². The van der Waals surface area contributed by atoms with Gasteiger partial charge in [0.15, 0.2) is 0 Å². The number of rotatable bonds is 7. The predicted molar refractivity (Wildman–Crippen MR) is 87.5 cm³/mol. The number of nitrogens with zero attached hydrogens (tertiary/aromatic N) is 2. The van der Waals surface area contributed by atoms with Crippen LogP contribution >= 0.6 is 11.3 Å². The highest BCUT2D eigenvalue weighted by Crippen LogP contribution is 2.24. The fourth-order valence-corrected chi connectivity index (χ4v) is 3.11. The molecule has 4 nitrogen and oxygen atoms in total. The Kier molecular flexibility index (Phi) is 5.56. The SMILES string of the molecule is CC(CC(O)c1cccs1)NC(C)c1cnn(C(C)C)c1. The maximum absolute atomic E-state index is 10.2. The summed E-state index contributed by atoms with van der Waals surface area (Å²) in [7, 11) is 0. The second-order valence-electron chi connectivity index (χ2n) is 5.90. The van der Waals surface area contributed by atoms with Gasteiger partial charge in [0.1, 0.15) is 0 Å². The first-order valence-electron chi connectivity index (χ1n) is 7.49. The smallest absolute Gasteiger partial charge is 0.0896 e. The largest absolute Gasteiger partial charge is 0.388 e. The second kappa shape index (κ2) is 7.20. The summed E-state index contributed by atoms with van der Waals surface area (Å²) in [6, 6.07) is 4.80. The molecule has 2 aromatic heterocycles. The zero-order valence-electron chi connectivity index (χ0n) is 13.2. The molecule has 2 heterocycles. The summed E-state index contributed by atoms with van der Waals surface area (Å²) in [6.07, 6.45) is 4.33. The summed E-state index contributed by atoms with van der Waals surface area (Å²) in [4.78, 5) is 1.03. The molecule has 0 saturated heterocycles. The number of aliphatic hydroxyl groups excluding tert-OH is 1. The van der Waals surface area contributed by atoms with Crippen LogP contribution in [0.25, 0.3) is 0 Å². The number of hydrogen-bond acceptors (Lipinski definition) is 4. The van der Waals surface area contributed by atoms with Crippen molar-refractivity contribution in [3.05, 3.63) is 40.3 Å². The van der Waals surface area contributed by atoms with Gasteiger partial charge in [-0.3, -0.25) is 4.68 Å². The molecule has 3 atom stereocenters. The highest BCUT2D eigenvalue weighted by Gasteiger charge is 2.16. The first-order chi connectivity index (χ1) is 9.97. The second-order valence-corrected chi connectivity index (χ2v) is 6.88. The van der Waals surface area contributed by atoms with E-state index in [1.54, 1.807) is 11.3 Å². The maximum Gasteiger partial charge on any atom is 0.0896 e. The molecule has 0 spiro atoms. The van der Waals surface area contributed by atoms with Crippen LogP contribution in [0.1, 0.15) is 62.7 Å². The van der Waals surface area contributed by atoms with Gasteiger partial charge in [-0.2, -0.15) is 5.10 Å². The van der Waals surface area contributed by atoms with E-state index in [0.29, 0.717) is 12.5 Å². The average Bonchev–Trinajstić information content (AvgIpc) is 3.10. The van der Waals surface area contributed by atoms with Crippen molar-refractivity contribution < 1.29 is 5.11 Å². The van der Waals surface area contributed by atoms with E-state index in [2.05, 4.69) is 44.3 Å². The van der Waals surface area contributed by atoms with Gasteiger partial charge in [-0.15, -0.1) is 11.3 Å². The zero-order chi connectivity index (χ0) is 15.4. The van der Waals surface area contributed by atoms with Crippen LogP contribution in [0.4, 0.5) is 0 Å². The van der Waals surface area contributed by atoms with Crippen LogP contribution in [0.5, 0.6) is 0 Å². The van der Waals surface area contributed by atoms with Gasteiger partial charge < -0.3 is 10.4 Å². The monoisotopic (exact) mass is 307 g/mol. The van der Waals surface area contributed by atoms with E-state index in [1.165, 1.54) is 5.56 Å². The molecule has 0 aliphatic carbocycles. The van der Waals surface area contributed by atoms with E-state index in [9.17, 15) is 5.11 Å². The molecule has 21 heavy (non-hydrogen) atoms. The predicted octanol–water partition coefficient (Wildman–Crippen LogP) is 3.69. The summed E-state index contributed by atoms with van der Waals surface area (Å²) in [5, 5.41) is 20.1.